The molecule has 5 heteroatoms. The summed E-state index contributed by atoms with van der Waals surface area (Å²) in [6.45, 7) is 1.84. The molecule has 0 heterocycles. The summed E-state index contributed by atoms with van der Waals surface area (Å²) in [4.78, 5) is 25.8. The Morgan fingerprint density at radius 1 is 1.21 bits per heavy atom. The Kier molecular flexibility index (Phi) is 3.11. The van der Waals surface area contributed by atoms with Crippen LogP contribution in [0.2, 0.25) is 0 Å². The summed E-state index contributed by atoms with van der Waals surface area (Å²) in [5, 5.41) is 31.5. The first-order chi connectivity index (χ1) is 11.3. The number of carbonyl (C=O) groups is 2. The van der Waals surface area contributed by atoms with Crippen LogP contribution in [0.3, 0.4) is 0 Å². The quantitative estimate of drug-likeness (QED) is 0.633. The number of ketones is 2. The second-order valence-corrected chi connectivity index (χ2v) is 7.01. The molecule has 0 radical (unpaired) electrons. The van der Waals surface area contributed by atoms with Crippen molar-refractivity contribution in [2.75, 3.05) is 0 Å². The Hall–Kier alpha value is -2.24. The fourth-order valence-electron chi connectivity index (χ4n) is 4.48. The number of benzene rings is 1. The maximum Gasteiger partial charge on any atom is 0.193 e. The topological polar surface area (TPSA) is 94.8 Å². The highest BCUT2D eigenvalue weighted by Gasteiger charge is 2.53. The molecule has 3 N–H and O–H groups in total. The fraction of sp³-hybridized carbons (Fsp3) is 0.368. The monoisotopic (exact) mass is 326 g/mol. The summed E-state index contributed by atoms with van der Waals surface area (Å²) in [7, 11) is 0. The third-order valence-corrected chi connectivity index (χ3v) is 5.44. The normalized spacial score (nSPS) is 32.0. The molecule has 0 amide bonds. The molecule has 3 atom stereocenters. The van der Waals surface area contributed by atoms with Gasteiger partial charge in [-0.15, -0.1) is 0 Å². The zero-order valence-corrected chi connectivity index (χ0v) is 13.2. The number of fused-ring (bicyclic) bond motifs is 3. The number of Topliss-reactive ketones (excluding diaryl/α,β-unsaturated/α-hetero) is 2. The van der Waals surface area contributed by atoms with Gasteiger partial charge in [0.2, 0.25) is 0 Å². The van der Waals surface area contributed by atoms with Gasteiger partial charge in [0.05, 0.1) is 17.3 Å². The van der Waals surface area contributed by atoms with Crippen LogP contribution in [-0.2, 0) is 0 Å². The Balaban J connectivity index is 1.94. The van der Waals surface area contributed by atoms with Crippen LogP contribution in [0.15, 0.2) is 41.0 Å². The molecule has 24 heavy (non-hydrogen) atoms. The van der Waals surface area contributed by atoms with Crippen molar-refractivity contribution in [2.24, 2.45) is 5.92 Å². The molecule has 0 saturated carbocycles. The SMILES string of the molecule is CC1=C[C@@H](O)[C@@H]2C3=C(CC[C@]2(O)C1)C(=O)c1c(O)cccc1C3=O. The number of aliphatic hydroxyl groups is 2. The molecule has 0 aromatic heterocycles. The predicted molar refractivity (Wildman–Crippen MR) is 85.8 cm³/mol. The van der Waals surface area contributed by atoms with E-state index in [2.05, 4.69) is 0 Å². The van der Waals surface area contributed by atoms with E-state index in [0.717, 1.165) is 5.57 Å². The molecule has 5 nitrogen and oxygen atoms in total. The van der Waals surface area contributed by atoms with Gasteiger partial charge in [0.25, 0.3) is 0 Å². The predicted octanol–water partition coefficient (Wildman–Crippen LogP) is 1.92. The van der Waals surface area contributed by atoms with E-state index >= 15 is 0 Å². The lowest BCUT2D eigenvalue weighted by Crippen LogP contribution is -2.52. The van der Waals surface area contributed by atoms with Crippen molar-refractivity contribution in [1.29, 1.82) is 0 Å². The first-order valence-corrected chi connectivity index (χ1v) is 8.05. The van der Waals surface area contributed by atoms with Crippen molar-refractivity contribution in [3.63, 3.8) is 0 Å². The average Bonchev–Trinajstić information content (AvgIpc) is 2.50. The number of aliphatic hydroxyl groups excluding tert-OH is 1. The highest BCUT2D eigenvalue weighted by Crippen LogP contribution is 2.50. The van der Waals surface area contributed by atoms with E-state index in [-0.39, 0.29) is 40.4 Å². The summed E-state index contributed by atoms with van der Waals surface area (Å²) in [5.41, 5.74) is 0.350. The molecular weight excluding hydrogens is 308 g/mol. The van der Waals surface area contributed by atoms with E-state index in [1.54, 1.807) is 6.08 Å². The van der Waals surface area contributed by atoms with Crippen molar-refractivity contribution in [1.82, 2.24) is 0 Å². The van der Waals surface area contributed by atoms with Gasteiger partial charge in [0, 0.05) is 22.6 Å². The van der Waals surface area contributed by atoms with E-state index in [4.69, 9.17) is 0 Å². The Bertz CT molecular complexity index is 847. The lowest BCUT2D eigenvalue weighted by molar-refractivity contribution is -0.0611. The van der Waals surface area contributed by atoms with Crippen LogP contribution >= 0.6 is 0 Å². The van der Waals surface area contributed by atoms with Gasteiger partial charge in [-0.2, -0.15) is 0 Å². The highest BCUT2D eigenvalue weighted by atomic mass is 16.3. The molecule has 1 aromatic rings. The molecule has 1 aromatic carbocycles. The number of phenols is 1. The second kappa shape index (κ2) is 4.88. The lowest BCUT2D eigenvalue weighted by Gasteiger charge is -2.47. The number of hydrogen-bond donors (Lipinski definition) is 3. The average molecular weight is 326 g/mol. The van der Waals surface area contributed by atoms with E-state index < -0.39 is 17.6 Å². The first-order valence-electron chi connectivity index (χ1n) is 8.05. The minimum Gasteiger partial charge on any atom is -0.507 e. The zero-order chi connectivity index (χ0) is 17.2. The summed E-state index contributed by atoms with van der Waals surface area (Å²) >= 11 is 0. The molecule has 0 spiro atoms. The molecule has 0 bridgehead atoms. The Labute approximate surface area is 138 Å². The second-order valence-electron chi connectivity index (χ2n) is 7.01. The minimum atomic E-state index is -1.22. The van der Waals surface area contributed by atoms with E-state index in [0.29, 0.717) is 18.4 Å². The summed E-state index contributed by atoms with van der Waals surface area (Å²) in [6, 6.07) is 4.40. The smallest absolute Gasteiger partial charge is 0.193 e. The standard InChI is InChI=1S/C19H18O5/c1-9-7-13(21)16-15-11(5-6-19(16,24)8-9)17(22)14-10(18(15)23)3-2-4-12(14)20/h2-4,7,13,16,20-21,24H,5-6,8H2,1H3/t13-,16-,19+/m1/s1. The van der Waals surface area contributed by atoms with Gasteiger partial charge in [0.15, 0.2) is 11.6 Å². The van der Waals surface area contributed by atoms with Crippen LogP contribution in [0.25, 0.3) is 0 Å². The van der Waals surface area contributed by atoms with Gasteiger partial charge in [0.1, 0.15) is 5.75 Å². The van der Waals surface area contributed by atoms with Crippen molar-refractivity contribution < 1.29 is 24.9 Å². The molecular formula is C19H18O5. The zero-order valence-electron chi connectivity index (χ0n) is 13.2. The third kappa shape index (κ3) is 1.88. The van der Waals surface area contributed by atoms with Crippen LogP contribution in [0.5, 0.6) is 5.75 Å². The number of allylic oxidation sites excluding steroid dienone is 1. The van der Waals surface area contributed by atoms with E-state index in [1.807, 2.05) is 6.92 Å². The van der Waals surface area contributed by atoms with Crippen LogP contribution in [0.1, 0.15) is 46.9 Å². The van der Waals surface area contributed by atoms with Crippen molar-refractivity contribution in [3.8, 4) is 5.75 Å². The number of aromatic hydroxyl groups is 1. The molecule has 124 valence electrons. The summed E-state index contributed by atoms with van der Waals surface area (Å²) in [6.07, 6.45) is 1.58. The van der Waals surface area contributed by atoms with Crippen molar-refractivity contribution in [3.05, 3.63) is 52.1 Å². The van der Waals surface area contributed by atoms with Gasteiger partial charge in [-0.25, -0.2) is 0 Å². The number of carbonyl (C=O) groups excluding carboxylic acids is 2. The van der Waals surface area contributed by atoms with Gasteiger partial charge in [-0.05, 0) is 32.3 Å². The van der Waals surface area contributed by atoms with Gasteiger partial charge in [-0.1, -0.05) is 23.8 Å². The van der Waals surface area contributed by atoms with Crippen molar-refractivity contribution >= 4 is 11.6 Å². The molecule has 0 fully saturated rings. The van der Waals surface area contributed by atoms with Crippen LogP contribution in [0, 0.1) is 5.92 Å². The Morgan fingerprint density at radius 3 is 2.71 bits per heavy atom. The highest BCUT2D eigenvalue weighted by molar-refractivity contribution is 6.28. The number of rotatable bonds is 0. The summed E-state index contributed by atoms with van der Waals surface area (Å²) in [5.74, 6) is -1.78. The van der Waals surface area contributed by atoms with Crippen molar-refractivity contribution in [2.45, 2.75) is 37.9 Å². The maximum atomic E-state index is 13.0. The molecule has 3 aliphatic carbocycles. The van der Waals surface area contributed by atoms with Gasteiger partial charge >= 0.3 is 0 Å². The first kappa shape index (κ1) is 15.3. The molecule has 0 aliphatic heterocycles. The maximum absolute atomic E-state index is 13.0. The minimum absolute atomic E-state index is 0.0312. The molecule has 0 unspecified atom stereocenters. The number of hydrogen-bond acceptors (Lipinski definition) is 5. The van der Waals surface area contributed by atoms with Gasteiger partial charge < -0.3 is 15.3 Å². The fourth-order valence-corrected chi connectivity index (χ4v) is 4.48. The molecule has 3 aliphatic rings. The lowest BCUT2D eigenvalue weighted by atomic mass is 9.60. The Morgan fingerprint density at radius 2 is 1.96 bits per heavy atom. The van der Waals surface area contributed by atoms with E-state index in [1.165, 1.54) is 18.2 Å². The molecule has 4 rings (SSSR count). The van der Waals surface area contributed by atoms with Crippen LogP contribution in [-0.4, -0.2) is 38.6 Å². The largest absolute Gasteiger partial charge is 0.507 e. The van der Waals surface area contributed by atoms with Gasteiger partial charge in [-0.3, -0.25) is 9.59 Å². The van der Waals surface area contributed by atoms with E-state index in [9.17, 15) is 24.9 Å². The summed E-state index contributed by atoms with van der Waals surface area (Å²) < 4.78 is 0. The van der Waals surface area contributed by atoms with Crippen LogP contribution in [0.4, 0.5) is 0 Å². The number of phenolic OH excluding ortho intramolecular Hbond substituents is 1. The third-order valence-electron chi connectivity index (χ3n) is 5.44. The molecule has 0 saturated heterocycles. The van der Waals surface area contributed by atoms with Crippen LogP contribution < -0.4 is 0 Å².